The molecule has 2 heterocycles. The summed E-state index contributed by atoms with van der Waals surface area (Å²) in [5.74, 6) is 0.502. The minimum atomic E-state index is -1.01. The highest BCUT2D eigenvalue weighted by atomic mass is 16.5. The molecule has 0 unspecified atom stereocenters. The molecule has 0 spiro atoms. The second-order valence-electron chi connectivity index (χ2n) is 6.91. The van der Waals surface area contributed by atoms with Crippen LogP contribution >= 0.6 is 0 Å². The van der Waals surface area contributed by atoms with Crippen molar-refractivity contribution in [3.8, 4) is 0 Å². The van der Waals surface area contributed by atoms with Gasteiger partial charge in [0.2, 0.25) is 0 Å². The van der Waals surface area contributed by atoms with E-state index < -0.39 is 6.10 Å². The summed E-state index contributed by atoms with van der Waals surface area (Å²) in [6, 6.07) is 20.4. The first-order chi connectivity index (χ1) is 13.1. The second-order valence-corrected chi connectivity index (χ2v) is 6.91. The maximum atomic E-state index is 12.3. The van der Waals surface area contributed by atoms with Crippen LogP contribution in [0, 0.1) is 0 Å². The molecule has 1 atom stereocenters. The van der Waals surface area contributed by atoms with E-state index in [4.69, 9.17) is 4.52 Å². The van der Waals surface area contributed by atoms with E-state index in [0.717, 1.165) is 28.1 Å². The van der Waals surface area contributed by atoms with Crippen molar-refractivity contribution in [1.82, 2.24) is 10.1 Å². The Hall–Kier alpha value is -2.92. The van der Waals surface area contributed by atoms with Crippen LogP contribution in [0.2, 0.25) is 0 Å². The van der Waals surface area contributed by atoms with Gasteiger partial charge in [0.15, 0.2) is 0 Å². The van der Waals surface area contributed by atoms with Crippen molar-refractivity contribution in [2.75, 3.05) is 6.54 Å². The fourth-order valence-corrected chi connectivity index (χ4v) is 3.71. The molecule has 1 aliphatic rings. The number of aliphatic hydroxyl groups is 1. The van der Waals surface area contributed by atoms with E-state index in [1.54, 1.807) is 4.90 Å². The number of amides is 1. The van der Waals surface area contributed by atoms with Gasteiger partial charge in [-0.25, -0.2) is 0 Å². The van der Waals surface area contributed by atoms with Crippen LogP contribution < -0.4 is 0 Å². The lowest BCUT2D eigenvalue weighted by Crippen LogP contribution is -2.41. The maximum Gasteiger partial charge on any atom is 0.251 e. The molecule has 4 rings (SSSR count). The predicted molar refractivity (Wildman–Crippen MR) is 101 cm³/mol. The molecule has 138 valence electrons. The first kappa shape index (κ1) is 17.5. The number of hydrogen-bond donors (Lipinski definition) is 1. The van der Waals surface area contributed by atoms with Crippen molar-refractivity contribution in [3.05, 3.63) is 88.8 Å². The molecule has 0 radical (unpaired) electrons. The van der Waals surface area contributed by atoms with Gasteiger partial charge in [-0.1, -0.05) is 65.8 Å². The zero-order valence-electron chi connectivity index (χ0n) is 15.2. The molecular weight excluding hydrogens is 340 g/mol. The number of fused-ring (bicyclic) bond motifs is 1. The van der Waals surface area contributed by atoms with E-state index in [-0.39, 0.29) is 11.8 Å². The zero-order chi connectivity index (χ0) is 18.8. The molecule has 3 aromatic rings. The van der Waals surface area contributed by atoms with Crippen molar-refractivity contribution in [1.29, 1.82) is 0 Å². The monoisotopic (exact) mass is 362 g/mol. The molecule has 1 N–H and O–H groups in total. The van der Waals surface area contributed by atoms with E-state index in [0.29, 0.717) is 19.5 Å². The van der Waals surface area contributed by atoms with Gasteiger partial charge in [0.25, 0.3) is 5.91 Å². The molecule has 2 aromatic carbocycles. The average molecular weight is 362 g/mol. The third kappa shape index (κ3) is 3.38. The van der Waals surface area contributed by atoms with Gasteiger partial charge >= 0.3 is 0 Å². The van der Waals surface area contributed by atoms with Gasteiger partial charge in [0.05, 0.1) is 12.5 Å². The number of carbonyl (C=O) groups is 1. The van der Waals surface area contributed by atoms with Crippen LogP contribution in [0.15, 0.2) is 65.2 Å². The predicted octanol–water partition coefficient (Wildman–Crippen LogP) is 3.12. The lowest BCUT2D eigenvalue weighted by Gasteiger charge is -2.28. The van der Waals surface area contributed by atoms with Crippen LogP contribution in [0.3, 0.4) is 0 Å². The summed E-state index contributed by atoms with van der Waals surface area (Å²) >= 11 is 0. The summed E-state index contributed by atoms with van der Waals surface area (Å²) in [7, 11) is 0. The Balaban J connectivity index is 1.77. The largest absolute Gasteiger partial charge is 0.384 e. The first-order valence-electron chi connectivity index (χ1n) is 9.19. The quantitative estimate of drug-likeness (QED) is 0.774. The summed E-state index contributed by atoms with van der Waals surface area (Å²) in [5, 5.41) is 14.1. The summed E-state index contributed by atoms with van der Waals surface area (Å²) in [5.41, 5.74) is 4.04. The van der Waals surface area contributed by atoms with Crippen LogP contribution in [0.4, 0.5) is 0 Å². The van der Waals surface area contributed by atoms with E-state index >= 15 is 0 Å². The Morgan fingerprint density at radius 1 is 1.07 bits per heavy atom. The van der Waals surface area contributed by atoms with Gasteiger partial charge in [-0.05, 0) is 18.1 Å². The van der Waals surface area contributed by atoms with Gasteiger partial charge in [-0.15, -0.1) is 0 Å². The van der Waals surface area contributed by atoms with Crippen LogP contribution in [-0.2, 0) is 17.8 Å². The minimum absolute atomic E-state index is 0.0681. The van der Waals surface area contributed by atoms with E-state index in [1.165, 1.54) is 6.92 Å². The molecule has 0 aliphatic carbocycles. The summed E-state index contributed by atoms with van der Waals surface area (Å²) in [6.07, 6.45) is -0.397. The SMILES string of the molecule is C[C@H](O)C(=O)N1CCc2onc(C(c3ccccc3)c3ccccc3)c2C1. The molecule has 0 fully saturated rings. The second kappa shape index (κ2) is 7.37. The fourth-order valence-electron chi connectivity index (χ4n) is 3.71. The topological polar surface area (TPSA) is 66.6 Å². The number of hydrogen-bond acceptors (Lipinski definition) is 4. The van der Waals surface area contributed by atoms with E-state index in [1.807, 2.05) is 36.4 Å². The minimum Gasteiger partial charge on any atom is -0.384 e. The molecule has 1 aromatic heterocycles. The number of nitrogens with zero attached hydrogens (tertiary/aromatic N) is 2. The normalized spacial score (nSPS) is 14.9. The van der Waals surface area contributed by atoms with Crippen molar-refractivity contribution >= 4 is 5.91 Å². The lowest BCUT2D eigenvalue weighted by molar-refractivity contribution is -0.140. The molecular formula is C22H22N2O3. The zero-order valence-corrected chi connectivity index (χ0v) is 15.2. The summed E-state index contributed by atoms with van der Waals surface area (Å²) in [4.78, 5) is 14.0. The Bertz CT molecular complexity index is 880. The number of aliphatic hydroxyl groups excluding tert-OH is 1. The molecule has 0 bridgehead atoms. The molecule has 0 saturated carbocycles. The molecule has 1 aliphatic heterocycles. The van der Waals surface area contributed by atoms with Gasteiger partial charge in [-0.2, -0.15) is 0 Å². The number of aromatic nitrogens is 1. The third-order valence-electron chi connectivity index (χ3n) is 5.07. The highest BCUT2D eigenvalue weighted by molar-refractivity contribution is 5.80. The lowest BCUT2D eigenvalue weighted by atomic mass is 9.85. The highest BCUT2D eigenvalue weighted by Crippen LogP contribution is 2.36. The van der Waals surface area contributed by atoms with Crippen molar-refractivity contribution in [3.63, 3.8) is 0 Å². The number of benzene rings is 2. The van der Waals surface area contributed by atoms with Crippen molar-refractivity contribution in [2.24, 2.45) is 0 Å². The van der Waals surface area contributed by atoms with Crippen LogP contribution in [-0.4, -0.2) is 33.7 Å². The average Bonchev–Trinajstić information content (AvgIpc) is 3.12. The molecule has 1 amide bonds. The maximum absolute atomic E-state index is 12.3. The van der Waals surface area contributed by atoms with E-state index in [9.17, 15) is 9.90 Å². The van der Waals surface area contributed by atoms with Crippen LogP contribution in [0.25, 0.3) is 0 Å². The van der Waals surface area contributed by atoms with Crippen molar-refractivity contribution < 1.29 is 14.4 Å². The Morgan fingerprint density at radius 3 is 2.22 bits per heavy atom. The Kier molecular flexibility index (Phi) is 4.77. The molecule has 5 nitrogen and oxygen atoms in total. The van der Waals surface area contributed by atoms with E-state index in [2.05, 4.69) is 29.4 Å². The van der Waals surface area contributed by atoms with Gasteiger partial charge in [-0.3, -0.25) is 4.79 Å². The van der Waals surface area contributed by atoms with Gasteiger partial charge < -0.3 is 14.5 Å². The molecule has 27 heavy (non-hydrogen) atoms. The first-order valence-corrected chi connectivity index (χ1v) is 9.19. The standard InChI is InChI=1S/C22H22N2O3/c1-15(25)22(26)24-13-12-19-18(14-24)21(23-27-19)20(16-8-4-2-5-9-16)17-10-6-3-7-11-17/h2-11,15,20,25H,12-14H2,1H3/t15-/m0/s1. The van der Waals surface area contributed by atoms with Crippen molar-refractivity contribution in [2.45, 2.75) is 31.9 Å². The fraction of sp³-hybridized carbons (Fsp3) is 0.273. The van der Waals surface area contributed by atoms with Gasteiger partial charge in [0.1, 0.15) is 17.6 Å². The third-order valence-corrected chi connectivity index (χ3v) is 5.07. The molecule has 5 heteroatoms. The smallest absolute Gasteiger partial charge is 0.251 e. The van der Waals surface area contributed by atoms with Crippen LogP contribution in [0.5, 0.6) is 0 Å². The molecule has 0 saturated heterocycles. The Labute approximate surface area is 158 Å². The van der Waals surface area contributed by atoms with Crippen LogP contribution in [0.1, 0.15) is 41.0 Å². The highest BCUT2D eigenvalue weighted by Gasteiger charge is 2.32. The summed E-state index contributed by atoms with van der Waals surface area (Å²) in [6.45, 7) is 2.45. The van der Waals surface area contributed by atoms with Gasteiger partial charge in [0, 0.05) is 18.5 Å². The number of carbonyl (C=O) groups excluding carboxylic acids is 1. The Morgan fingerprint density at radius 2 is 1.67 bits per heavy atom. The summed E-state index contributed by atoms with van der Waals surface area (Å²) < 4.78 is 5.65. The number of rotatable bonds is 4.